The van der Waals surface area contributed by atoms with Crippen LogP contribution in [0.4, 0.5) is 0 Å². The van der Waals surface area contributed by atoms with Gasteiger partial charge in [-0.1, -0.05) is 6.08 Å². The van der Waals surface area contributed by atoms with E-state index in [2.05, 4.69) is 0 Å². The fraction of sp³-hybridized carbons (Fsp3) is 0.571. The molecule has 0 aliphatic carbocycles. The van der Waals surface area contributed by atoms with Crippen molar-refractivity contribution in [3.63, 3.8) is 0 Å². The lowest BCUT2D eigenvalue weighted by atomic mass is 10.2. The molecule has 0 aromatic carbocycles. The molecule has 0 aliphatic heterocycles. The zero-order valence-electron chi connectivity index (χ0n) is 6.18. The predicted octanol–water partition coefficient (Wildman–Crippen LogP) is 2.25. The fourth-order valence-electron chi connectivity index (χ4n) is 0.455. The molecule has 0 bridgehead atoms. The summed E-state index contributed by atoms with van der Waals surface area (Å²) < 4.78 is 0. The van der Waals surface area contributed by atoms with Gasteiger partial charge in [0.05, 0.1) is 5.38 Å². The van der Waals surface area contributed by atoms with Crippen molar-refractivity contribution in [2.75, 3.05) is 5.88 Å². The molecule has 1 N–H and O–H groups in total. The van der Waals surface area contributed by atoms with Gasteiger partial charge in [0.2, 0.25) is 0 Å². The Bertz CT molecular complexity index is 166. The molecule has 0 saturated carbocycles. The molecule has 0 fully saturated rings. The SMILES string of the molecule is C/C(=C\CC(Cl)CCl)C(=O)O. The zero-order chi connectivity index (χ0) is 8.85. The molecule has 4 heteroatoms. The minimum atomic E-state index is -0.913. The molecule has 11 heavy (non-hydrogen) atoms. The summed E-state index contributed by atoms with van der Waals surface area (Å²) in [7, 11) is 0. The summed E-state index contributed by atoms with van der Waals surface area (Å²) in [5, 5.41) is 8.25. The van der Waals surface area contributed by atoms with E-state index in [4.69, 9.17) is 28.3 Å². The number of rotatable bonds is 4. The number of aliphatic carboxylic acids is 1. The second-order valence-corrected chi connectivity index (χ2v) is 3.11. The van der Waals surface area contributed by atoms with E-state index < -0.39 is 5.97 Å². The Kier molecular flexibility index (Phi) is 5.34. The Morgan fingerprint density at radius 2 is 2.27 bits per heavy atom. The third-order valence-corrected chi connectivity index (χ3v) is 2.05. The normalized spacial score (nSPS) is 14.6. The molecule has 0 radical (unpaired) electrons. The molecule has 1 unspecified atom stereocenters. The van der Waals surface area contributed by atoms with Gasteiger partial charge in [-0.2, -0.15) is 0 Å². The summed E-state index contributed by atoms with van der Waals surface area (Å²) in [5.41, 5.74) is 0.306. The predicted molar refractivity (Wildman–Crippen MR) is 46.4 cm³/mol. The molecule has 0 heterocycles. The number of alkyl halides is 2. The van der Waals surface area contributed by atoms with Crippen LogP contribution in [-0.2, 0) is 4.79 Å². The second-order valence-electron chi connectivity index (χ2n) is 2.18. The Morgan fingerprint density at radius 3 is 2.64 bits per heavy atom. The van der Waals surface area contributed by atoms with Gasteiger partial charge < -0.3 is 5.11 Å². The van der Waals surface area contributed by atoms with Crippen LogP contribution in [0.5, 0.6) is 0 Å². The van der Waals surface area contributed by atoms with Crippen LogP contribution in [0, 0.1) is 0 Å². The van der Waals surface area contributed by atoms with Crippen LogP contribution < -0.4 is 0 Å². The van der Waals surface area contributed by atoms with Crippen LogP contribution in [0.25, 0.3) is 0 Å². The Balaban J connectivity index is 3.82. The molecule has 2 nitrogen and oxygen atoms in total. The lowest BCUT2D eigenvalue weighted by Gasteiger charge is -1.99. The van der Waals surface area contributed by atoms with E-state index in [1.54, 1.807) is 6.08 Å². The molecule has 0 aromatic heterocycles. The van der Waals surface area contributed by atoms with Crippen molar-refractivity contribution in [2.24, 2.45) is 0 Å². The van der Waals surface area contributed by atoms with Gasteiger partial charge in [-0.15, -0.1) is 23.2 Å². The summed E-state index contributed by atoms with van der Waals surface area (Å²) >= 11 is 11.1. The van der Waals surface area contributed by atoms with Crippen LogP contribution in [0.15, 0.2) is 11.6 Å². The first-order valence-corrected chi connectivity index (χ1v) is 4.15. The van der Waals surface area contributed by atoms with Crippen LogP contribution in [0.1, 0.15) is 13.3 Å². The average Bonchev–Trinajstić information content (AvgIpc) is 1.99. The summed E-state index contributed by atoms with van der Waals surface area (Å²) in [6.45, 7) is 1.53. The summed E-state index contributed by atoms with van der Waals surface area (Å²) in [6, 6.07) is 0. The highest BCUT2D eigenvalue weighted by Gasteiger charge is 2.02. The van der Waals surface area contributed by atoms with Gasteiger partial charge in [0.1, 0.15) is 0 Å². The first-order valence-electron chi connectivity index (χ1n) is 3.18. The van der Waals surface area contributed by atoms with Crippen LogP contribution in [0.2, 0.25) is 0 Å². The molecule has 0 rings (SSSR count). The number of hydrogen-bond acceptors (Lipinski definition) is 1. The highest BCUT2D eigenvalue weighted by Crippen LogP contribution is 2.07. The molecule has 0 spiro atoms. The van der Waals surface area contributed by atoms with E-state index in [9.17, 15) is 4.79 Å². The lowest BCUT2D eigenvalue weighted by molar-refractivity contribution is -0.132. The van der Waals surface area contributed by atoms with Crippen molar-refractivity contribution in [3.8, 4) is 0 Å². The van der Waals surface area contributed by atoms with E-state index in [0.29, 0.717) is 17.9 Å². The van der Waals surface area contributed by atoms with Crippen LogP contribution >= 0.6 is 23.2 Å². The van der Waals surface area contributed by atoms with E-state index in [0.717, 1.165) is 0 Å². The molecule has 0 aromatic rings. The largest absolute Gasteiger partial charge is 0.478 e. The number of carbonyl (C=O) groups is 1. The van der Waals surface area contributed by atoms with Gasteiger partial charge in [0.15, 0.2) is 0 Å². The third kappa shape index (κ3) is 5.10. The van der Waals surface area contributed by atoms with E-state index >= 15 is 0 Å². The maximum Gasteiger partial charge on any atom is 0.330 e. The topological polar surface area (TPSA) is 37.3 Å². The number of hydrogen-bond donors (Lipinski definition) is 1. The maximum atomic E-state index is 10.3. The van der Waals surface area contributed by atoms with Crippen LogP contribution in [0.3, 0.4) is 0 Å². The van der Waals surface area contributed by atoms with Crippen molar-refractivity contribution >= 4 is 29.2 Å². The smallest absolute Gasteiger partial charge is 0.330 e. The standard InChI is InChI=1S/C7H10Cl2O2/c1-5(7(10)11)2-3-6(9)4-8/h2,6H,3-4H2,1H3,(H,10,11)/b5-2+. The number of carboxylic acid groups (broad SMARTS) is 1. The van der Waals surface area contributed by atoms with Gasteiger partial charge in [0, 0.05) is 11.5 Å². The van der Waals surface area contributed by atoms with Gasteiger partial charge in [-0.25, -0.2) is 4.79 Å². The summed E-state index contributed by atoms with van der Waals surface area (Å²) in [4.78, 5) is 10.3. The Morgan fingerprint density at radius 1 is 1.73 bits per heavy atom. The maximum absolute atomic E-state index is 10.3. The molecule has 0 aliphatic rings. The number of allylic oxidation sites excluding steroid dienone is 1. The van der Waals surface area contributed by atoms with Gasteiger partial charge >= 0.3 is 5.97 Å². The minimum absolute atomic E-state index is 0.175. The number of carboxylic acids is 1. The molecule has 0 amide bonds. The first kappa shape index (κ1) is 10.8. The Hall–Kier alpha value is -0.210. The quantitative estimate of drug-likeness (QED) is 0.554. The highest BCUT2D eigenvalue weighted by atomic mass is 35.5. The highest BCUT2D eigenvalue weighted by molar-refractivity contribution is 6.28. The van der Waals surface area contributed by atoms with Crippen molar-refractivity contribution in [1.29, 1.82) is 0 Å². The van der Waals surface area contributed by atoms with E-state index in [1.165, 1.54) is 6.92 Å². The molecule has 1 atom stereocenters. The van der Waals surface area contributed by atoms with Gasteiger partial charge in [0.25, 0.3) is 0 Å². The van der Waals surface area contributed by atoms with Crippen molar-refractivity contribution in [1.82, 2.24) is 0 Å². The molecular formula is C7H10Cl2O2. The molecular weight excluding hydrogens is 187 g/mol. The van der Waals surface area contributed by atoms with Crippen LogP contribution in [-0.4, -0.2) is 22.3 Å². The zero-order valence-corrected chi connectivity index (χ0v) is 7.69. The first-order chi connectivity index (χ1) is 5.07. The van der Waals surface area contributed by atoms with Gasteiger partial charge in [-0.3, -0.25) is 0 Å². The molecule has 0 saturated heterocycles. The molecule has 64 valence electrons. The lowest BCUT2D eigenvalue weighted by Crippen LogP contribution is -2.01. The average molecular weight is 197 g/mol. The van der Waals surface area contributed by atoms with Gasteiger partial charge in [-0.05, 0) is 13.3 Å². The minimum Gasteiger partial charge on any atom is -0.478 e. The third-order valence-electron chi connectivity index (χ3n) is 1.18. The van der Waals surface area contributed by atoms with Crippen molar-refractivity contribution < 1.29 is 9.90 Å². The Labute approximate surface area is 75.8 Å². The van der Waals surface area contributed by atoms with E-state index in [-0.39, 0.29) is 5.38 Å². The number of halogens is 2. The summed E-state index contributed by atoms with van der Waals surface area (Å²) in [5.74, 6) is -0.575. The monoisotopic (exact) mass is 196 g/mol. The van der Waals surface area contributed by atoms with Crippen molar-refractivity contribution in [3.05, 3.63) is 11.6 Å². The summed E-state index contributed by atoms with van der Waals surface area (Å²) in [6.07, 6.45) is 2.07. The van der Waals surface area contributed by atoms with E-state index in [1.807, 2.05) is 0 Å². The fourth-order valence-corrected chi connectivity index (χ4v) is 0.670. The van der Waals surface area contributed by atoms with Crippen molar-refractivity contribution in [2.45, 2.75) is 18.7 Å². The second kappa shape index (κ2) is 5.44.